The van der Waals surface area contributed by atoms with Gasteiger partial charge < -0.3 is 5.32 Å². The lowest BCUT2D eigenvalue weighted by Crippen LogP contribution is -2.31. The van der Waals surface area contributed by atoms with Crippen molar-refractivity contribution in [1.29, 1.82) is 0 Å². The quantitative estimate of drug-likeness (QED) is 0.803. The number of hydrogen-bond donors (Lipinski definition) is 1. The average molecular weight is 223 g/mol. The fraction of sp³-hybridized carbons (Fsp3) is 0.769. The summed E-state index contributed by atoms with van der Waals surface area (Å²) in [6, 6.07) is 2.58. The molecule has 0 unspecified atom stereocenters. The van der Waals surface area contributed by atoms with E-state index in [-0.39, 0.29) is 5.41 Å². The maximum Gasteiger partial charge on any atom is 0.0630 e. The fourth-order valence-corrected chi connectivity index (χ4v) is 1.78. The van der Waals surface area contributed by atoms with E-state index in [0.29, 0.717) is 6.04 Å². The molecule has 0 saturated carbocycles. The van der Waals surface area contributed by atoms with Gasteiger partial charge >= 0.3 is 0 Å². The molecule has 0 fully saturated rings. The molecule has 0 saturated heterocycles. The molecule has 0 spiro atoms. The predicted molar refractivity (Wildman–Crippen MR) is 68.6 cm³/mol. The highest BCUT2D eigenvalue weighted by atomic mass is 15.3. The average Bonchev–Trinajstić information content (AvgIpc) is 2.62. The molecule has 0 amide bonds. The van der Waals surface area contributed by atoms with Crippen molar-refractivity contribution in [2.45, 2.75) is 47.1 Å². The number of nitrogens with one attached hydrogen (secondary N) is 1. The Bertz CT molecular complexity index is 313. The van der Waals surface area contributed by atoms with Gasteiger partial charge in [-0.15, -0.1) is 0 Å². The van der Waals surface area contributed by atoms with Gasteiger partial charge in [-0.3, -0.25) is 4.68 Å². The summed E-state index contributed by atoms with van der Waals surface area (Å²) >= 11 is 0. The number of hydrogen-bond acceptors (Lipinski definition) is 2. The maximum absolute atomic E-state index is 4.59. The Morgan fingerprint density at radius 2 is 2.12 bits per heavy atom. The van der Waals surface area contributed by atoms with Crippen LogP contribution in [0.1, 0.15) is 46.4 Å². The van der Waals surface area contributed by atoms with Gasteiger partial charge in [0.05, 0.1) is 5.69 Å². The highest BCUT2D eigenvalue weighted by Crippen LogP contribution is 2.20. The monoisotopic (exact) mass is 223 g/mol. The minimum absolute atomic E-state index is 0.270. The van der Waals surface area contributed by atoms with E-state index in [4.69, 9.17) is 0 Å². The fourth-order valence-electron chi connectivity index (χ4n) is 1.78. The number of aromatic nitrogens is 2. The predicted octanol–water partition coefficient (Wildman–Crippen LogP) is 2.64. The molecule has 0 aliphatic rings. The lowest BCUT2D eigenvalue weighted by Gasteiger charge is -2.23. The minimum Gasteiger partial charge on any atom is -0.316 e. The van der Waals surface area contributed by atoms with Gasteiger partial charge in [0, 0.05) is 18.8 Å². The maximum atomic E-state index is 4.59. The van der Waals surface area contributed by atoms with Gasteiger partial charge in [0.1, 0.15) is 0 Å². The molecule has 16 heavy (non-hydrogen) atoms. The van der Waals surface area contributed by atoms with Crippen molar-refractivity contribution in [1.82, 2.24) is 15.1 Å². The molecule has 0 aliphatic heterocycles. The summed E-state index contributed by atoms with van der Waals surface area (Å²) in [5.41, 5.74) is 1.46. The summed E-state index contributed by atoms with van der Waals surface area (Å²) < 4.78 is 2.03. The molecule has 1 aromatic heterocycles. The van der Waals surface area contributed by atoms with Gasteiger partial charge in [0.2, 0.25) is 0 Å². The first-order valence-corrected chi connectivity index (χ1v) is 6.19. The Morgan fingerprint density at radius 3 is 2.62 bits per heavy atom. The van der Waals surface area contributed by atoms with Crippen molar-refractivity contribution in [3.8, 4) is 0 Å². The van der Waals surface area contributed by atoms with Crippen molar-refractivity contribution in [3.05, 3.63) is 18.0 Å². The van der Waals surface area contributed by atoms with Crippen molar-refractivity contribution < 1.29 is 0 Å². The van der Waals surface area contributed by atoms with E-state index in [2.05, 4.69) is 57.3 Å². The molecular formula is C13H25N3. The van der Waals surface area contributed by atoms with Crippen LogP contribution in [0.3, 0.4) is 0 Å². The zero-order valence-electron chi connectivity index (χ0n) is 11.2. The zero-order chi connectivity index (χ0) is 12.2. The SMILES string of the molecule is CCNCC(C)(C)Cc1ccn(C(C)C)n1. The van der Waals surface area contributed by atoms with Crippen LogP contribution in [0.5, 0.6) is 0 Å². The molecule has 0 aromatic carbocycles. The Balaban J connectivity index is 2.57. The van der Waals surface area contributed by atoms with Crippen LogP contribution >= 0.6 is 0 Å². The highest BCUT2D eigenvalue weighted by Gasteiger charge is 2.19. The first-order chi connectivity index (χ1) is 7.44. The Morgan fingerprint density at radius 1 is 1.44 bits per heavy atom. The molecule has 1 aromatic rings. The second kappa shape index (κ2) is 5.48. The van der Waals surface area contributed by atoms with Gasteiger partial charge in [-0.1, -0.05) is 20.8 Å². The van der Waals surface area contributed by atoms with Crippen LogP contribution < -0.4 is 5.32 Å². The minimum atomic E-state index is 0.270. The molecule has 0 bridgehead atoms. The van der Waals surface area contributed by atoms with E-state index >= 15 is 0 Å². The van der Waals surface area contributed by atoms with Gasteiger partial charge in [-0.05, 0) is 38.3 Å². The summed E-state index contributed by atoms with van der Waals surface area (Å²) in [5, 5.41) is 8.00. The summed E-state index contributed by atoms with van der Waals surface area (Å²) in [5.74, 6) is 0. The standard InChI is InChI=1S/C13H25N3/c1-6-14-10-13(4,5)9-12-7-8-16(15-12)11(2)3/h7-8,11,14H,6,9-10H2,1-5H3. The number of rotatable bonds is 6. The Labute approximate surface area is 99.2 Å². The zero-order valence-corrected chi connectivity index (χ0v) is 11.2. The lowest BCUT2D eigenvalue weighted by molar-refractivity contribution is 0.336. The molecule has 1 heterocycles. The summed E-state index contributed by atoms with van der Waals surface area (Å²) in [7, 11) is 0. The van der Waals surface area contributed by atoms with Gasteiger partial charge in [-0.2, -0.15) is 5.10 Å². The third kappa shape index (κ3) is 3.97. The van der Waals surface area contributed by atoms with Gasteiger partial charge in [-0.25, -0.2) is 0 Å². The molecule has 0 aliphatic carbocycles. The largest absolute Gasteiger partial charge is 0.316 e. The second-order valence-corrected chi connectivity index (χ2v) is 5.50. The first-order valence-electron chi connectivity index (χ1n) is 6.19. The van der Waals surface area contributed by atoms with Crippen LogP contribution in [-0.2, 0) is 6.42 Å². The van der Waals surface area contributed by atoms with Crippen LogP contribution in [0, 0.1) is 5.41 Å². The van der Waals surface area contributed by atoms with Crippen molar-refractivity contribution in [2.75, 3.05) is 13.1 Å². The third-order valence-corrected chi connectivity index (χ3v) is 2.71. The van der Waals surface area contributed by atoms with Gasteiger partial charge in [0.15, 0.2) is 0 Å². The van der Waals surface area contributed by atoms with Crippen LogP contribution in [0.25, 0.3) is 0 Å². The lowest BCUT2D eigenvalue weighted by atomic mass is 9.88. The van der Waals surface area contributed by atoms with Crippen LogP contribution in [0.2, 0.25) is 0 Å². The molecule has 0 atom stereocenters. The van der Waals surface area contributed by atoms with Gasteiger partial charge in [0.25, 0.3) is 0 Å². The number of nitrogens with zero attached hydrogens (tertiary/aromatic N) is 2. The topological polar surface area (TPSA) is 29.9 Å². The molecule has 1 rings (SSSR count). The molecule has 1 N–H and O–H groups in total. The molecule has 3 nitrogen and oxygen atoms in total. The van der Waals surface area contributed by atoms with Crippen LogP contribution in [0.15, 0.2) is 12.3 Å². The second-order valence-electron chi connectivity index (χ2n) is 5.50. The van der Waals surface area contributed by atoms with E-state index in [1.54, 1.807) is 0 Å². The summed E-state index contributed by atoms with van der Waals surface area (Å²) in [4.78, 5) is 0. The molecule has 92 valence electrons. The first kappa shape index (κ1) is 13.2. The molecular weight excluding hydrogens is 198 g/mol. The smallest absolute Gasteiger partial charge is 0.0630 e. The normalized spacial score (nSPS) is 12.4. The summed E-state index contributed by atoms with van der Waals surface area (Å²) in [6.07, 6.45) is 3.10. The van der Waals surface area contributed by atoms with Crippen molar-refractivity contribution >= 4 is 0 Å². The van der Waals surface area contributed by atoms with E-state index in [0.717, 1.165) is 19.5 Å². The molecule has 3 heteroatoms. The van der Waals surface area contributed by atoms with Crippen molar-refractivity contribution in [3.63, 3.8) is 0 Å². The van der Waals surface area contributed by atoms with Crippen molar-refractivity contribution in [2.24, 2.45) is 5.41 Å². The van der Waals surface area contributed by atoms with Crippen LogP contribution in [-0.4, -0.2) is 22.9 Å². The van der Waals surface area contributed by atoms with E-state index in [9.17, 15) is 0 Å². The Hall–Kier alpha value is -0.830. The van der Waals surface area contributed by atoms with E-state index in [1.807, 2.05) is 4.68 Å². The molecule has 0 radical (unpaired) electrons. The highest BCUT2D eigenvalue weighted by molar-refractivity contribution is 5.03. The van der Waals surface area contributed by atoms with Crippen LogP contribution in [0.4, 0.5) is 0 Å². The Kier molecular flexibility index (Phi) is 4.54. The summed E-state index contributed by atoms with van der Waals surface area (Å²) in [6.45, 7) is 13.1. The third-order valence-electron chi connectivity index (χ3n) is 2.71. The van der Waals surface area contributed by atoms with E-state index in [1.165, 1.54) is 5.69 Å². The van der Waals surface area contributed by atoms with E-state index < -0.39 is 0 Å².